The zero-order valence-corrected chi connectivity index (χ0v) is 15.9. The van der Waals surface area contributed by atoms with Crippen LogP contribution in [0.25, 0.3) is 0 Å². The third kappa shape index (κ3) is 26200. The van der Waals surface area contributed by atoms with Gasteiger partial charge >= 0.3 is 23.9 Å². The summed E-state index contributed by atoms with van der Waals surface area (Å²) in [4.78, 5) is 37.0. The van der Waals surface area contributed by atoms with Crippen molar-refractivity contribution in [3.8, 4) is 0 Å². The zero-order valence-electron chi connectivity index (χ0n) is 9.77. The molecule has 0 bridgehead atoms. The number of rotatable bonds is 0. The number of carbonyl (C=O) groups is 4. The van der Waals surface area contributed by atoms with Crippen molar-refractivity contribution in [1.29, 1.82) is 0 Å². The van der Waals surface area contributed by atoms with E-state index >= 15 is 0 Å². The topological polar surface area (TPSA) is 68.3 Å². The number of hydrogen-bond acceptors (Lipinski definition) is 8. The van der Waals surface area contributed by atoms with Gasteiger partial charge in [0.25, 0.3) is 0 Å². The van der Waals surface area contributed by atoms with E-state index in [0.717, 1.165) is 0 Å². The molecule has 0 amide bonds. The molecule has 0 saturated heterocycles. The van der Waals surface area contributed by atoms with Crippen molar-refractivity contribution in [2.75, 3.05) is 0 Å². The van der Waals surface area contributed by atoms with Gasteiger partial charge in [0.1, 0.15) is 0 Å². The summed E-state index contributed by atoms with van der Waals surface area (Å²) in [5.41, 5.74) is 0. The second-order valence-electron chi connectivity index (χ2n) is 1.97. The summed E-state index contributed by atoms with van der Waals surface area (Å²) in [5.74, 6) is 0. The van der Waals surface area contributed by atoms with Crippen LogP contribution in [0.1, 0.15) is 27.7 Å². The molecule has 0 aliphatic heterocycles. The van der Waals surface area contributed by atoms with Gasteiger partial charge in [0.2, 0.25) is 0 Å². The molecule has 0 saturated carbocycles. The first-order valence-electron chi connectivity index (χ1n) is 3.63. The zero-order chi connectivity index (χ0) is 14.3. The molecule has 9 heteroatoms. The van der Waals surface area contributed by atoms with Crippen molar-refractivity contribution < 1.29 is 19.2 Å². The molecule has 0 radical (unpaired) electrons. The predicted octanol–water partition coefficient (Wildman–Crippen LogP) is -0.0616. The van der Waals surface area contributed by atoms with Crippen LogP contribution in [0.15, 0.2) is 0 Å². The SMILES string of the molecule is CC(=O)[S-].CC(=O)[S-].CC(=O)[S-].CC(=O)[S-].[Sn+4]. The van der Waals surface area contributed by atoms with Crippen LogP contribution in [-0.4, -0.2) is 44.4 Å². The van der Waals surface area contributed by atoms with Crippen molar-refractivity contribution in [1.82, 2.24) is 0 Å². The summed E-state index contributed by atoms with van der Waals surface area (Å²) in [6.45, 7) is 5.37. The Bertz CT molecular complexity index is 170. The summed E-state index contributed by atoms with van der Waals surface area (Å²) in [6.07, 6.45) is 0. The van der Waals surface area contributed by atoms with E-state index in [9.17, 15) is 19.2 Å². The van der Waals surface area contributed by atoms with E-state index in [1.165, 1.54) is 27.7 Å². The molecule has 0 aromatic heterocycles. The molecule has 0 aromatic rings. The van der Waals surface area contributed by atoms with Crippen LogP contribution in [0.4, 0.5) is 0 Å². The Morgan fingerprint density at radius 3 is 0.529 bits per heavy atom. The molecule has 0 spiro atoms. The fourth-order valence-corrected chi connectivity index (χ4v) is 0. The van der Waals surface area contributed by atoms with Gasteiger partial charge < -0.3 is 69.7 Å². The summed E-state index contributed by atoms with van der Waals surface area (Å²) in [7, 11) is 0. The van der Waals surface area contributed by atoms with E-state index in [1.807, 2.05) is 0 Å². The van der Waals surface area contributed by atoms with Gasteiger partial charge in [0.15, 0.2) is 0 Å². The third-order valence-corrected chi connectivity index (χ3v) is 0. The smallest absolute Gasteiger partial charge is 0.742 e. The van der Waals surface area contributed by atoms with E-state index < -0.39 is 0 Å². The molecular weight excluding hydrogens is 407 g/mol. The van der Waals surface area contributed by atoms with Gasteiger partial charge in [0.05, 0.1) is 0 Å². The molecule has 0 N–H and O–H groups in total. The summed E-state index contributed by atoms with van der Waals surface area (Å²) in [5, 5.41) is -1.000. The van der Waals surface area contributed by atoms with E-state index in [-0.39, 0.29) is 44.4 Å². The Kier molecular flexibility index (Phi) is 45.2. The minimum atomic E-state index is -0.250. The Morgan fingerprint density at radius 1 is 0.529 bits per heavy atom. The molecule has 0 atom stereocenters. The Balaban J connectivity index is -0.0000000369. The minimum absolute atomic E-state index is 0. The molecule has 96 valence electrons. The molecule has 0 unspecified atom stereocenters. The largest absolute Gasteiger partial charge is 4.00 e. The summed E-state index contributed by atoms with van der Waals surface area (Å²) >= 11 is 15.9. The summed E-state index contributed by atoms with van der Waals surface area (Å²) in [6, 6.07) is 0. The molecule has 17 heavy (non-hydrogen) atoms. The number of hydrogen-bond donors (Lipinski definition) is 0. The van der Waals surface area contributed by atoms with Gasteiger partial charge in [0, 0.05) is 20.5 Å². The summed E-state index contributed by atoms with van der Waals surface area (Å²) < 4.78 is 0. The maximum Gasteiger partial charge on any atom is 4.00 e. The van der Waals surface area contributed by atoms with E-state index in [4.69, 9.17) is 0 Å². The Hall–Kier alpha value is 0.359. The monoisotopic (exact) mass is 420 g/mol. The maximum absolute atomic E-state index is 9.26. The van der Waals surface area contributed by atoms with Crippen LogP contribution in [0, 0.1) is 0 Å². The van der Waals surface area contributed by atoms with Crippen molar-refractivity contribution in [3.63, 3.8) is 0 Å². The fraction of sp³-hybridized carbons (Fsp3) is 0.500. The van der Waals surface area contributed by atoms with Gasteiger partial charge in [-0.3, -0.25) is 0 Å². The maximum atomic E-state index is 9.26. The number of carbonyl (C=O) groups excluding carboxylic acids is 4. The Morgan fingerprint density at radius 2 is 0.529 bits per heavy atom. The molecule has 0 rings (SSSR count). The first-order valence-corrected chi connectivity index (χ1v) is 5.27. The van der Waals surface area contributed by atoms with Gasteiger partial charge in [-0.15, -0.1) is 0 Å². The van der Waals surface area contributed by atoms with Gasteiger partial charge in [-0.25, -0.2) is 0 Å². The van der Waals surface area contributed by atoms with Gasteiger partial charge in [-0.1, -0.05) is 0 Å². The Labute approximate surface area is 141 Å². The first kappa shape index (κ1) is 30.4. The average Bonchev–Trinajstić information content (AvgIpc) is 1.76. The molecule has 0 heterocycles. The molecule has 4 nitrogen and oxygen atoms in total. The van der Waals surface area contributed by atoms with Crippen LogP contribution in [0.3, 0.4) is 0 Å². The van der Waals surface area contributed by atoms with Crippen molar-refractivity contribution in [2.24, 2.45) is 0 Å². The van der Waals surface area contributed by atoms with Crippen LogP contribution < -0.4 is 0 Å². The second-order valence-corrected chi connectivity index (χ2v) is 4.27. The normalized spacial score (nSPS) is 5.88. The van der Waals surface area contributed by atoms with Crippen LogP contribution >= 0.6 is 0 Å². The molecule has 0 aliphatic rings. The minimum Gasteiger partial charge on any atom is -0.742 e. The molecule has 0 aromatic carbocycles. The quantitative estimate of drug-likeness (QED) is 0.400. The average molecular weight is 419 g/mol. The van der Waals surface area contributed by atoms with Crippen LogP contribution in [0.5, 0.6) is 0 Å². The van der Waals surface area contributed by atoms with Crippen molar-refractivity contribution in [2.45, 2.75) is 27.7 Å². The molecular formula is C8H12O4S4Sn. The predicted molar refractivity (Wildman–Crippen MR) is 77.9 cm³/mol. The van der Waals surface area contributed by atoms with Crippen molar-refractivity contribution in [3.05, 3.63) is 0 Å². The van der Waals surface area contributed by atoms with E-state index in [0.29, 0.717) is 0 Å². The molecule has 0 fully saturated rings. The standard InChI is InChI=1S/4C2H4OS.Sn/c4*1-2(3)4;/h4*1H3,(H,3,4);/q;;;;+4/p-4. The molecule has 0 aliphatic carbocycles. The van der Waals surface area contributed by atoms with Gasteiger partial charge in [-0.05, 0) is 27.7 Å². The fourth-order valence-electron chi connectivity index (χ4n) is 0. The van der Waals surface area contributed by atoms with Gasteiger partial charge in [-0.2, -0.15) is 0 Å². The van der Waals surface area contributed by atoms with Crippen LogP contribution in [0.2, 0.25) is 0 Å². The van der Waals surface area contributed by atoms with E-state index in [2.05, 4.69) is 50.5 Å². The first-order chi connectivity index (χ1) is 6.93. The van der Waals surface area contributed by atoms with Crippen LogP contribution in [-0.2, 0) is 69.7 Å². The van der Waals surface area contributed by atoms with E-state index in [1.54, 1.807) is 0 Å². The third-order valence-electron chi connectivity index (χ3n) is 0. The van der Waals surface area contributed by atoms with Crippen molar-refractivity contribution >= 4 is 94.9 Å². The second kappa shape index (κ2) is 25.3.